The van der Waals surface area contributed by atoms with Crippen molar-refractivity contribution in [1.82, 2.24) is 0 Å². The van der Waals surface area contributed by atoms with E-state index in [9.17, 15) is 30.1 Å². The molecule has 1 heterocycles. The van der Waals surface area contributed by atoms with Crippen molar-refractivity contribution in [3.8, 4) is 5.75 Å². The smallest absolute Gasteiger partial charge is 0.273 e. The van der Waals surface area contributed by atoms with Gasteiger partial charge in [0.25, 0.3) is 11.4 Å². The third-order valence-electron chi connectivity index (χ3n) is 3.38. The Hall–Kier alpha value is -3.75. The summed E-state index contributed by atoms with van der Waals surface area (Å²) in [4.78, 5) is 32.7. The Morgan fingerprint density at radius 1 is 1.00 bits per heavy atom. The number of non-ortho nitro benzene ring substituents is 2. The lowest BCUT2D eigenvalue weighted by Gasteiger charge is -1.98. The first kappa shape index (κ1) is 15.2. The number of fused-ring (bicyclic) bond motifs is 1. The van der Waals surface area contributed by atoms with Crippen LogP contribution in [0.4, 0.5) is 11.4 Å². The van der Waals surface area contributed by atoms with E-state index < -0.39 is 27.1 Å². The normalized spacial score (nSPS) is 10.7. The van der Waals surface area contributed by atoms with E-state index in [4.69, 9.17) is 4.42 Å². The summed E-state index contributed by atoms with van der Waals surface area (Å²) in [6.45, 7) is 0. The van der Waals surface area contributed by atoms with E-state index >= 15 is 0 Å². The predicted octanol–water partition coefficient (Wildman–Crippen LogP) is 3.19. The number of carbonyl (C=O) groups is 1. The molecule has 0 saturated carbocycles. The largest absolute Gasteiger partial charge is 0.504 e. The van der Waals surface area contributed by atoms with Crippen LogP contribution in [0.3, 0.4) is 0 Å². The molecule has 0 spiro atoms. The van der Waals surface area contributed by atoms with Crippen LogP contribution in [-0.2, 0) is 0 Å². The molecular formula is C15H8N2O7. The number of ketones is 1. The molecule has 120 valence electrons. The molecule has 0 aliphatic rings. The molecule has 0 amide bonds. The number of nitro groups is 2. The molecule has 9 heteroatoms. The SMILES string of the molecule is O=C(c1cccc([N+](=O)[O-])c1)c1oc2cc([N+](=O)[O-])ccc2c1O. The summed E-state index contributed by atoms with van der Waals surface area (Å²) in [7, 11) is 0. The van der Waals surface area contributed by atoms with Gasteiger partial charge in [0, 0.05) is 23.8 Å². The maximum atomic E-state index is 12.4. The minimum absolute atomic E-state index is 0.0320. The molecule has 0 aliphatic carbocycles. The minimum Gasteiger partial charge on any atom is -0.504 e. The monoisotopic (exact) mass is 328 g/mol. The van der Waals surface area contributed by atoms with Crippen molar-refractivity contribution in [2.24, 2.45) is 0 Å². The van der Waals surface area contributed by atoms with E-state index in [-0.39, 0.29) is 27.9 Å². The first-order valence-electron chi connectivity index (χ1n) is 6.57. The van der Waals surface area contributed by atoms with E-state index in [1.165, 1.54) is 30.3 Å². The summed E-state index contributed by atoms with van der Waals surface area (Å²) < 4.78 is 5.23. The van der Waals surface area contributed by atoms with Gasteiger partial charge in [-0.25, -0.2) is 0 Å². The summed E-state index contributed by atoms with van der Waals surface area (Å²) in [6, 6.07) is 8.45. The fourth-order valence-corrected chi connectivity index (χ4v) is 2.23. The van der Waals surface area contributed by atoms with Crippen molar-refractivity contribution in [2.75, 3.05) is 0 Å². The zero-order chi connectivity index (χ0) is 17.4. The lowest BCUT2D eigenvalue weighted by atomic mass is 10.1. The average molecular weight is 328 g/mol. The second-order valence-electron chi connectivity index (χ2n) is 4.85. The number of benzene rings is 2. The van der Waals surface area contributed by atoms with Gasteiger partial charge in [0.1, 0.15) is 5.58 Å². The van der Waals surface area contributed by atoms with Crippen molar-refractivity contribution in [3.63, 3.8) is 0 Å². The molecule has 0 aliphatic heterocycles. The fourth-order valence-electron chi connectivity index (χ4n) is 2.23. The van der Waals surface area contributed by atoms with Crippen LogP contribution < -0.4 is 0 Å². The van der Waals surface area contributed by atoms with Gasteiger partial charge < -0.3 is 9.52 Å². The Morgan fingerprint density at radius 3 is 2.33 bits per heavy atom. The second kappa shape index (κ2) is 5.47. The molecule has 0 saturated heterocycles. The van der Waals surface area contributed by atoms with Gasteiger partial charge in [-0.2, -0.15) is 0 Å². The fraction of sp³-hybridized carbons (Fsp3) is 0. The van der Waals surface area contributed by atoms with Gasteiger partial charge >= 0.3 is 0 Å². The molecule has 0 atom stereocenters. The van der Waals surface area contributed by atoms with Crippen LogP contribution in [-0.4, -0.2) is 20.7 Å². The number of aromatic hydroxyl groups is 1. The molecule has 0 unspecified atom stereocenters. The van der Waals surface area contributed by atoms with Crippen molar-refractivity contribution in [2.45, 2.75) is 0 Å². The molecule has 1 aromatic heterocycles. The lowest BCUT2D eigenvalue weighted by Crippen LogP contribution is -2.01. The van der Waals surface area contributed by atoms with Crippen molar-refractivity contribution in [3.05, 3.63) is 74.0 Å². The highest BCUT2D eigenvalue weighted by Gasteiger charge is 2.24. The summed E-state index contributed by atoms with van der Waals surface area (Å²) in [5.41, 5.74) is -0.624. The minimum atomic E-state index is -0.768. The highest BCUT2D eigenvalue weighted by molar-refractivity contribution is 6.12. The van der Waals surface area contributed by atoms with Crippen molar-refractivity contribution < 1.29 is 24.2 Å². The Balaban J connectivity index is 2.10. The van der Waals surface area contributed by atoms with Crippen molar-refractivity contribution in [1.29, 1.82) is 0 Å². The van der Waals surface area contributed by atoms with E-state index in [1.807, 2.05) is 0 Å². The van der Waals surface area contributed by atoms with Gasteiger partial charge in [0.15, 0.2) is 5.75 Å². The van der Waals surface area contributed by atoms with E-state index in [1.54, 1.807) is 0 Å². The maximum absolute atomic E-state index is 12.4. The topological polar surface area (TPSA) is 137 Å². The highest BCUT2D eigenvalue weighted by Crippen LogP contribution is 2.35. The molecule has 24 heavy (non-hydrogen) atoms. The standard InChI is InChI=1S/C15H8N2O7/c18-13(8-2-1-3-9(6-8)16(20)21)15-14(19)11-5-4-10(17(22)23)7-12(11)24-15/h1-7,19H. The van der Waals surface area contributed by atoms with Crippen LogP contribution in [0.2, 0.25) is 0 Å². The zero-order valence-electron chi connectivity index (χ0n) is 11.8. The Morgan fingerprint density at radius 2 is 1.67 bits per heavy atom. The Kier molecular flexibility index (Phi) is 3.45. The predicted molar refractivity (Wildman–Crippen MR) is 81.1 cm³/mol. The van der Waals surface area contributed by atoms with Gasteiger partial charge in [0.2, 0.25) is 11.5 Å². The number of nitro benzene ring substituents is 2. The quantitative estimate of drug-likeness (QED) is 0.441. The third-order valence-corrected chi connectivity index (χ3v) is 3.38. The molecule has 0 radical (unpaired) electrons. The number of furan rings is 1. The lowest BCUT2D eigenvalue weighted by molar-refractivity contribution is -0.385. The number of hydrogen-bond donors (Lipinski definition) is 1. The molecular weight excluding hydrogens is 320 g/mol. The molecule has 1 N–H and O–H groups in total. The summed E-state index contributed by atoms with van der Waals surface area (Å²) in [5.74, 6) is -1.68. The van der Waals surface area contributed by atoms with Gasteiger partial charge in [-0.05, 0) is 6.07 Å². The molecule has 3 rings (SSSR count). The summed E-state index contributed by atoms with van der Waals surface area (Å²) in [6.07, 6.45) is 0. The van der Waals surface area contributed by atoms with Crippen LogP contribution in [0.1, 0.15) is 16.1 Å². The molecule has 2 aromatic carbocycles. The van der Waals surface area contributed by atoms with Gasteiger partial charge in [0.05, 0.1) is 21.3 Å². The maximum Gasteiger partial charge on any atom is 0.273 e. The van der Waals surface area contributed by atoms with Crippen LogP contribution >= 0.6 is 0 Å². The number of hydrogen-bond acceptors (Lipinski definition) is 7. The van der Waals surface area contributed by atoms with E-state index in [0.29, 0.717) is 0 Å². The first-order valence-corrected chi connectivity index (χ1v) is 6.57. The number of carbonyl (C=O) groups excluding carboxylic acids is 1. The summed E-state index contributed by atoms with van der Waals surface area (Å²) in [5, 5.41) is 31.8. The van der Waals surface area contributed by atoms with Crippen LogP contribution in [0.5, 0.6) is 5.75 Å². The van der Waals surface area contributed by atoms with Crippen LogP contribution in [0.15, 0.2) is 46.9 Å². The zero-order valence-corrected chi connectivity index (χ0v) is 11.8. The Bertz CT molecular complexity index is 1010. The van der Waals surface area contributed by atoms with Gasteiger partial charge in [-0.15, -0.1) is 0 Å². The van der Waals surface area contributed by atoms with E-state index in [2.05, 4.69) is 0 Å². The molecule has 0 bridgehead atoms. The second-order valence-corrected chi connectivity index (χ2v) is 4.85. The van der Waals surface area contributed by atoms with E-state index in [0.717, 1.165) is 12.1 Å². The first-order chi connectivity index (χ1) is 11.4. The molecule has 3 aromatic rings. The Labute approximate surface area is 133 Å². The third kappa shape index (κ3) is 2.43. The van der Waals surface area contributed by atoms with Crippen molar-refractivity contribution >= 4 is 28.1 Å². The van der Waals surface area contributed by atoms with Gasteiger partial charge in [-0.3, -0.25) is 25.0 Å². The van der Waals surface area contributed by atoms with Crippen LogP contribution in [0, 0.1) is 20.2 Å². The highest BCUT2D eigenvalue weighted by atomic mass is 16.6. The number of nitrogens with zero attached hydrogens (tertiary/aromatic N) is 2. The van der Waals surface area contributed by atoms with Gasteiger partial charge in [-0.1, -0.05) is 12.1 Å². The van der Waals surface area contributed by atoms with Crippen LogP contribution in [0.25, 0.3) is 11.0 Å². The molecule has 9 nitrogen and oxygen atoms in total. The number of rotatable bonds is 4. The molecule has 0 fully saturated rings. The summed E-state index contributed by atoms with van der Waals surface area (Å²) >= 11 is 0. The average Bonchev–Trinajstić information content (AvgIpc) is 2.90.